The molecule has 9 heteroatoms. The maximum atomic E-state index is 12.5. The van der Waals surface area contributed by atoms with Crippen molar-refractivity contribution in [1.82, 2.24) is 10.3 Å². The number of nitrogens with two attached hydrogens (primary N) is 1. The van der Waals surface area contributed by atoms with Crippen LogP contribution >= 0.6 is 0 Å². The van der Waals surface area contributed by atoms with Crippen molar-refractivity contribution in [2.45, 2.75) is 51.2 Å². The molecule has 2 fully saturated rings. The number of amides is 1. The Labute approximate surface area is 230 Å². The smallest absolute Gasteiger partial charge is 0.408 e. The van der Waals surface area contributed by atoms with Gasteiger partial charge in [0.25, 0.3) is 0 Å². The second-order valence-electron chi connectivity index (χ2n) is 11.2. The van der Waals surface area contributed by atoms with Crippen LogP contribution in [0.15, 0.2) is 60.7 Å². The van der Waals surface area contributed by atoms with E-state index in [4.69, 9.17) is 20.2 Å². The summed E-state index contributed by atoms with van der Waals surface area (Å²) in [5, 5.41) is 9.70. The maximum Gasteiger partial charge on any atom is 0.408 e. The molecule has 0 atom stereocenters. The molecule has 0 unspecified atom stereocenters. The molecule has 0 bridgehead atoms. The Morgan fingerprint density at radius 2 is 1.72 bits per heavy atom. The van der Waals surface area contributed by atoms with Crippen molar-refractivity contribution in [2.24, 2.45) is 0 Å². The van der Waals surface area contributed by atoms with Crippen LogP contribution in [0, 0.1) is 0 Å². The van der Waals surface area contributed by atoms with E-state index in [-0.39, 0.29) is 11.6 Å². The van der Waals surface area contributed by atoms with Gasteiger partial charge in [0.05, 0.1) is 30.3 Å². The molecule has 2 aliphatic rings. The summed E-state index contributed by atoms with van der Waals surface area (Å²) in [5.41, 5.74) is 9.82. The molecule has 0 spiro atoms. The van der Waals surface area contributed by atoms with Crippen molar-refractivity contribution in [3.63, 3.8) is 0 Å². The lowest BCUT2D eigenvalue weighted by atomic mass is 9.75. The molecular formula is C30H38N6O3. The van der Waals surface area contributed by atoms with Crippen LogP contribution in [-0.4, -0.2) is 42.9 Å². The highest BCUT2D eigenvalue weighted by molar-refractivity contribution is 5.77. The van der Waals surface area contributed by atoms with Crippen LogP contribution in [0.25, 0.3) is 0 Å². The van der Waals surface area contributed by atoms with Crippen molar-refractivity contribution in [1.29, 1.82) is 0 Å². The third kappa shape index (κ3) is 6.37. The number of aromatic nitrogens is 1. The summed E-state index contributed by atoms with van der Waals surface area (Å²) in [6.45, 7) is 8.96. The second-order valence-corrected chi connectivity index (χ2v) is 11.2. The van der Waals surface area contributed by atoms with Crippen molar-refractivity contribution in [3.8, 4) is 0 Å². The summed E-state index contributed by atoms with van der Waals surface area (Å²) in [4.78, 5) is 19.5. The van der Waals surface area contributed by atoms with E-state index in [1.807, 2.05) is 69.3 Å². The molecule has 0 radical (unpaired) electrons. The van der Waals surface area contributed by atoms with Gasteiger partial charge in [0.15, 0.2) is 5.82 Å². The lowest BCUT2D eigenvalue weighted by Gasteiger charge is -2.42. The molecule has 39 heavy (non-hydrogen) atoms. The van der Waals surface area contributed by atoms with E-state index < -0.39 is 5.60 Å². The first kappa shape index (κ1) is 26.6. The van der Waals surface area contributed by atoms with E-state index in [1.54, 1.807) is 0 Å². The number of para-hydroxylation sites is 2. The number of carbonyl (C=O) groups is 1. The fourth-order valence-corrected chi connectivity index (χ4v) is 4.89. The Bertz CT molecular complexity index is 1290. The van der Waals surface area contributed by atoms with Crippen LogP contribution in [0.2, 0.25) is 0 Å². The van der Waals surface area contributed by atoms with E-state index >= 15 is 0 Å². The Balaban J connectivity index is 1.29. The van der Waals surface area contributed by atoms with Gasteiger partial charge in [-0.15, -0.1) is 0 Å². The third-order valence-corrected chi connectivity index (χ3v) is 7.05. The molecule has 1 amide bonds. The van der Waals surface area contributed by atoms with Gasteiger partial charge in [0, 0.05) is 24.3 Å². The van der Waals surface area contributed by atoms with Gasteiger partial charge in [-0.3, -0.25) is 0 Å². The number of hydrogen-bond acceptors (Lipinski definition) is 8. The molecule has 206 valence electrons. The van der Waals surface area contributed by atoms with E-state index in [1.165, 1.54) is 0 Å². The van der Waals surface area contributed by atoms with E-state index in [0.29, 0.717) is 17.3 Å². The van der Waals surface area contributed by atoms with E-state index in [0.717, 1.165) is 68.2 Å². The van der Waals surface area contributed by atoms with Crippen LogP contribution in [0.4, 0.5) is 39.2 Å². The number of rotatable bonds is 7. The standard InChI is InChI=1S/C30H38N6O3/c1-29(2,3)35-28(37)39-30(15-6-16-30)21-9-11-22(12-10-21)32-27-23(31)13-14-26(34-27)33-24-7-4-5-8-25(24)36-17-19-38-20-18-36/h4-5,7-14H,6,15-20,31H2,1-3H3,(H,35,37)(H2,32,33,34). The largest absolute Gasteiger partial charge is 0.438 e. The summed E-state index contributed by atoms with van der Waals surface area (Å²) in [6, 6.07) is 19.9. The minimum absolute atomic E-state index is 0.350. The molecule has 1 aliphatic heterocycles. The quantitative estimate of drug-likeness (QED) is 0.299. The van der Waals surface area contributed by atoms with E-state index in [2.05, 4.69) is 33.0 Å². The first-order chi connectivity index (χ1) is 18.7. The minimum Gasteiger partial charge on any atom is -0.438 e. The average molecular weight is 531 g/mol. The van der Waals surface area contributed by atoms with Crippen molar-refractivity contribution in [2.75, 3.05) is 47.6 Å². The molecule has 2 heterocycles. The fraction of sp³-hybridized carbons (Fsp3) is 0.400. The first-order valence-electron chi connectivity index (χ1n) is 13.5. The number of pyridine rings is 1. The molecule has 1 saturated carbocycles. The van der Waals surface area contributed by atoms with Crippen LogP contribution in [0.1, 0.15) is 45.6 Å². The lowest BCUT2D eigenvalue weighted by molar-refractivity contribution is -0.0549. The van der Waals surface area contributed by atoms with Gasteiger partial charge in [0.2, 0.25) is 0 Å². The Hall–Kier alpha value is -3.98. The van der Waals surface area contributed by atoms with Crippen LogP contribution in [0.3, 0.4) is 0 Å². The molecule has 9 nitrogen and oxygen atoms in total. The van der Waals surface area contributed by atoms with Crippen molar-refractivity contribution < 1.29 is 14.3 Å². The summed E-state index contributed by atoms with van der Waals surface area (Å²) < 4.78 is 11.4. The van der Waals surface area contributed by atoms with Gasteiger partial charge in [-0.05, 0) is 82.0 Å². The van der Waals surface area contributed by atoms with Gasteiger partial charge >= 0.3 is 6.09 Å². The molecule has 1 saturated heterocycles. The average Bonchev–Trinajstić information content (AvgIpc) is 2.89. The highest BCUT2D eigenvalue weighted by Crippen LogP contribution is 2.45. The number of alkyl carbamates (subject to hydrolysis) is 1. The fourth-order valence-electron chi connectivity index (χ4n) is 4.89. The number of ether oxygens (including phenoxy) is 2. The zero-order chi connectivity index (χ0) is 27.5. The highest BCUT2D eigenvalue weighted by atomic mass is 16.6. The first-order valence-corrected chi connectivity index (χ1v) is 13.5. The van der Waals surface area contributed by atoms with Crippen molar-refractivity contribution >= 4 is 40.5 Å². The minimum atomic E-state index is -0.581. The van der Waals surface area contributed by atoms with Gasteiger partial charge in [-0.25, -0.2) is 9.78 Å². The second kappa shape index (κ2) is 11.0. The zero-order valence-corrected chi connectivity index (χ0v) is 22.9. The summed E-state index contributed by atoms with van der Waals surface area (Å²) in [6.07, 6.45) is 2.26. The number of benzene rings is 2. The molecule has 2 aromatic carbocycles. The van der Waals surface area contributed by atoms with Gasteiger partial charge in [-0.1, -0.05) is 24.3 Å². The third-order valence-electron chi connectivity index (χ3n) is 7.05. The predicted molar refractivity (Wildman–Crippen MR) is 156 cm³/mol. The zero-order valence-electron chi connectivity index (χ0n) is 22.9. The molecular weight excluding hydrogens is 492 g/mol. The van der Waals surface area contributed by atoms with Gasteiger partial charge in [-0.2, -0.15) is 0 Å². The lowest BCUT2D eigenvalue weighted by Crippen LogP contribution is -2.47. The number of morpholine rings is 1. The molecule has 1 aromatic heterocycles. The normalized spacial score (nSPS) is 16.6. The topological polar surface area (TPSA) is 114 Å². The van der Waals surface area contributed by atoms with Crippen LogP contribution in [0.5, 0.6) is 0 Å². The summed E-state index contributed by atoms with van der Waals surface area (Å²) >= 11 is 0. The van der Waals surface area contributed by atoms with Gasteiger partial charge < -0.3 is 36.1 Å². The molecule has 5 N–H and O–H groups in total. The van der Waals surface area contributed by atoms with Crippen LogP contribution < -0.4 is 26.6 Å². The maximum absolute atomic E-state index is 12.5. The van der Waals surface area contributed by atoms with Gasteiger partial charge in [0.1, 0.15) is 11.4 Å². The van der Waals surface area contributed by atoms with E-state index in [9.17, 15) is 4.79 Å². The number of nitrogen functional groups attached to an aromatic ring is 1. The molecule has 5 rings (SSSR count). The number of nitrogens with zero attached hydrogens (tertiary/aromatic N) is 2. The summed E-state index contributed by atoms with van der Waals surface area (Å²) in [7, 11) is 0. The number of anilines is 6. The number of nitrogens with one attached hydrogen (secondary N) is 3. The Morgan fingerprint density at radius 1 is 1.00 bits per heavy atom. The highest BCUT2D eigenvalue weighted by Gasteiger charge is 2.43. The SMILES string of the molecule is CC(C)(C)NC(=O)OC1(c2ccc(Nc3nc(Nc4ccccc4N4CCOCC4)ccc3N)cc2)CCC1. The monoisotopic (exact) mass is 530 g/mol. The molecule has 1 aliphatic carbocycles. The number of hydrogen-bond donors (Lipinski definition) is 4. The van der Waals surface area contributed by atoms with Crippen molar-refractivity contribution in [3.05, 3.63) is 66.2 Å². The molecule has 3 aromatic rings. The predicted octanol–water partition coefficient (Wildman–Crippen LogP) is 5.89. The number of carbonyl (C=O) groups excluding carboxylic acids is 1. The van der Waals surface area contributed by atoms with Crippen LogP contribution in [-0.2, 0) is 15.1 Å². The Kier molecular flexibility index (Phi) is 7.52. The summed E-state index contributed by atoms with van der Waals surface area (Å²) in [5.74, 6) is 1.26. The Morgan fingerprint density at radius 3 is 2.38 bits per heavy atom.